The van der Waals surface area contributed by atoms with E-state index in [0.717, 1.165) is 38.3 Å². The Labute approximate surface area is 194 Å². The number of carbonyl (C=O) groups excluding carboxylic acids is 2. The lowest BCUT2D eigenvalue weighted by molar-refractivity contribution is -0.131. The number of amides is 1. The van der Waals surface area contributed by atoms with Gasteiger partial charge in [-0.05, 0) is 63.7 Å². The van der Waals surface area contributed by atoms with Gasteiger partial charge in [-0.1, -0.05) is 30.3 Å². The van der Waals surface area contributed by atoms with Crippen molar-refractivity contribution >= 4 is 23.1 Å². The van der Waals surface area contributed by atoms with Crippen LogP contribution in [-0.4, -0.2) is 37.2 Å². The summed E-state index contributed by atoms with van der Waals surface area (Å²) in [6, 6.07) is 13.6. The molecule has 0 saturated heterocycles. The number of Topliss-reactive ketones (excluding diaryl/α,β-unsaturated/α-hetero) is 1. The lowest BCUT2D eigenvalue weighted by atomic mass is 9.96. The van der Waals surface area contributed by atoms with E-state index < -0.39 is 11.3 Å². The fourth-order valence-corrected chi connectivity index (χ4v) is 3.90. The maximum atomic E-state index is 13.8. The van der Waals surface area contributed by atoms with Gasteiger partial charge in [0.25, 0.3) is 5.92 Å². The normalized spacial score (nSPS) is 14.7. The van der Waals surface area contributed by atoms with E-state index in [1.54, 1.807) is 30.3 Å². The van der Waals surface area contributed by atoms with Crippen LogP contribution >= 0.6 is 0 Å². The van der Waals surface area contributed by atoms with E-state index in [1.807, 2.05) is 31.1 Å². The van der Waals surface area contributed by atoms with Crippen LogP contribution in [0.4, 0.5) is 20.2 Å². The van der Waals surface area contributed by atoms with Gasteiger partial charge in [-0.3, -0.25) is 9.59 Å². The first-order valence-corrected chi connectivity index (χ1v) is 11.4. The summed E-state index contributed by atoms with van der Waals surface area (Å²) in [6.07, 6.45) is 3.14. The Balaban J connectivity index is 1.51. The van der Waals surface area contributed by atoms with Crippen molar-refractivity contribution in [3.05, 3.63) is 59.7 Å². The highest BCUT2D eigenvalue weighted by atomic mass is 19.3. The molecule has 0 spiro atoms. The Morgan fingerprint density at radius 2 is 1.73 bits per heavy atom. The SMILES string of the molecule is CN(C)CCCC(=O)CC1(C(=O)NCc2ccc(Nc3ccccc3C(C)(F)F)cc2)CC1. The van der Waals surface area contributed by atoms with Crippen molar-refractivity contribution in [3.63, 3.8) is 0 Å². The standard InChI is InChI=1S/C26H33F2N3O2/c1-25(27,28)22-8-4-5-9-23(22)30-20-12-10-19(11-13-20)18-29-24(33)26(14-15-26)17-21(32)7-6-16-31(2)3/h4-5,8-13,30H,6-7,14-18H2,1-3H3,(H,29,33). The smallest absolute Gasteiger partial charge is 0.272 e. The quantitative estimate of drug-likeness (QED) is 0.458. The highest BCUT2D eigenvalue weighted by Crippen LogP contribution is 2.49. The number of ketones is 1. The van der Waals surface area contributed by atoms with Crippen molar-refractivity contribution in [2.24, 2.45) is 5.41 Å². The summed E-state index contributed by atoms with van der Waals surface area (Å²) in [5.74, 6) is -2.86. The third kappa shape index (κ3) is 7.09. The van der Waals surface area contributed by atoms with Gasteiger partial charge in [0.2, 0.25) is 5.91 Å². The minimum absolute atomic E-state index is 0.0627. The molecular weight excluding hydrogens is 424 g/mol. The molecule has 1 saturated carbocycles. The van der Waals surface area contributed by atoms with Crippen LogP contribution in [0.25, 0.3) is 0 Å². The molecule has 0 heterocycles. The average molecular weight is 458 g/mol. The lowest BCUT2D eigenvalue weighted by Gasteiger charge is -2.17. The molecule has 7 heteroatoms. The molecule has 1 amide bonds. The predicted molar refractivity (Wildman–Crippen MR) is 127 cm³/mol. The monoisotopic (exact) mass is 457 g/mol. The lowest BCUT2D eigenvalue weighted by Crippen LogP contribution is -2.33. The van der Waals surface area contributed by atoms with Gasteiger partial charge in [-0.2, -0.15) is 0 Å². The van der Waals surface area contributed by atoms with Crippen molar-refractivity contribution in [1.82, 2.24) is 10.2 Å². The molecule has 3 rings (SSSR count). The maximum Gasteiger partial charge on any atom is 0.272 e. The van der Waals surface area contributed by atoms with Crippen LogP contribution in [0.2, 0.25) is 0 Å². The fraction of sp³-hybridized carbons (Fsp3) is 0.462. The Kier molecular flexibility index (Phi) is 7.84. The summed E-state index contributed by atoms with van der Waals surface area (Å²) in [5, 5.41) is 6.00. The van der Waals surface area contributed by atoms with Gasteiger partial charge in [0.15, 0.2) is 0 Å². The number of rotatable bonds is 12. The number of nitrogens with one attached hydrogen (secondary N) is 2. The number of hydrogen-bond acceptors (Lipinski definition) is 4. The molecule has 2 aromatic rings. The van der Waals surface area contributed by atoms with Crippen LogP contribution < -0.4 is 10.6 Å². The van der Waals surface area contributed by atoms with Gasteiger partial charge in [0.1, 0.15) is 5.78 Å². The summed E-state index contributed by atoms with van der Waals surface area (Å²) in [6.45, 7) is 2.10. The van der Waals surface area contributed by atoms with Crippen LogP contribution in [0.5, 0.6) is 0 Å². The van der Waals surface area contributed by atoms with Crippen LogP contribution in [0.3, 0.4) is 0 Å². The topological polar surface area (TPSA) is 61.4 Å². The fourth-order valence-electron chi connectivity index (χ4n) is 3.90. The number of halogens is 2. The molecular formula is C26H33F2N3O2. The minimum atomic E-state index is -2.94. The van der Waals surface area contributed by atoms with Crippen molar-refractivity contribution < 1.29 is 18.4 Å². The number of alkyl halides is 2. The molecule has 5 nitrogen and oxygen atoms in total. The summed E-state index contributed by atoms with van der Waals surface area (Å²) >= 11 is 0. The third-order valence-corrected chi connectivity index (χ3v) is 6.02. The van der Waals surface area contributed by atoms with Crippen molar-refractivity contribution in [3.8, 4) is 0 Å². The van der Waals surface area contributed by atoms with Gasteiger partial charge in [0.05, 0.1) is 5.41 Å². The van der Waals surface area contributed by atoms with Gasteiger partial charge < -0.3 is 15.5 Å². The number of benzene rings is 2. The molecule has 0 aliphatic heterocycles. The van der Waals surface area contributed by atoms with Gasteiger partial charge in [-0.25, -0.2) is 8.78 Å². The predicted octanol–water partition coefficient (Wildman–Crippen LogP) is 5.24. The van der Waals surface area contributed by atoms with Crippen LogP contribution in [0.15, 0.2) is 48.5 Å². The highest BCUT2D eigenvalue weighted by Gasteiger charge is 2.50. The van der Waals surface area contributed by atoms with Crippen molar-refractivity contribution in [2.45, 2.75) is 51.5 Å². The third-order valence-electron chi connectivity index (χ3n) is 6.02. The van der Waals surface area contributed by atoms with Gasteiger partial charge in [0, 0.05) is 43.2 Å². The second-order valence-electron chi connectivity index (χ2n) is 9.34. The number of hydrogen-bond donors (Lipinski definition) is 2. The molecule has 2 N–H and O–H groups in total. The first-order valence-electron chi connectivity index (χ1n) is 11.4. The number of nitrogens with zero attached hydrogens (tertiary/aromatic N) is 1. The zero-order chi connectivity index (χ0) is 24.1. The Hall–Kier alpha value is -2.80. The van der Waals surface area contributed by atoms with E-state index in [1.165, 1.54) is 6.07 Å². The number of para-hydroxylation sites is 1. The molecule has 33 heavy (non-hydrogen) atoms. The molecule has 0 atom stereocenters. The van der Waals surface area contributed by atoms with Crippen LogP contribution in [0.1, 0.15) is 50.2 Å². The van der Waals surface area contributed by atoms with E-state index in [0.29, 0.717) is 30.8 Å². The van der Waals surface area contributed by atoms with Gasteiger partial charge >= 0.3 is 0 Å². The van der Waals surface area contributed by atoms with E-state index >= 15 is 0 Å². The zero-order valence-corrected chi connectivity index (χ0v) is 19.6. The summed E-state index contributed by atoms with van der Waals surface area (Å²) in [5.41, 5.74) is 1.34. The second-order valence-corrected chi connectivity index (χ2v) is 9.34. The van der Waals surface area contributed by atoms with E-state index in [-0.39, 0.29) is 17.3 Å². The molecule has 2 aromatic carbocycles. The summed E-state index contributed by atoms with van der Waals surface area (Å²) < 4.78 is 27.7. The Bertz CT molecular complexity index is 964. The molecule has 1 fully saturated rings. The summed E-state index contributed by atoms with van der Waals surface area (Å²) in [4.78, 5) is 27.0. The van der Waals surface area contributed by atoms with E-state index in [9.17, 15) is 18.4 Å². The number of carbonyl (C=O) groups is 2. The van der Waals surface area contributed by atoms with E-state index in [2.05, 4.69) is 10.6 Å². The molecule has 1 aliphatic rings. The summed E-state index contributed by atoms with van der Waals surface area (Å²) in [7, 11) is 3.96. The van der Waals surface area contributed by atoms with E-state index in [4.69, 9.17) is 0 Å². The largest absolute Gasteiger partial charge is 0.355 e. The zero-order valence-electron chi connectivity index (χ0n) is 19.6. The molecule has 0 radical (unpaired) electrons. The molecule has 178 valence electrons. The molecule has 0 bridgehead atoms. The molecule has 0 aromatic heterocycles. The van der Waals surface area contributed by atoms with Crippen LogP contribution in [0, 0.1) is 5.41 Å². The first-order chi connectivity index (χ1) is 15.6. The minimum Gasteiger partial charge on any atom is -0.355 e. The molecule has 1 aliphatic carbocycles. The van der Waals surface area contributed by atoms with Crippen molar-refractivity contribution in [1.29, 1.82) is 0 Å². The maximum absolute atomic E-state index is 13.8. The van der Waals surface area contributed by atoms with Crippen molar-refractivity contribution in [2.75, 3.05) is 26.0 Å². The Morgan fingerprint density at radius 3 is 2.33 bits per heavy atom. The second kappa shape index (κ2) is 10.4. The van der Waals surface area contributed by atoms with Gasteiger partial charge in [-0.15, -0.1) is 0 Å². The Morgan fingerprint density at radius 1 is 1.06 bits per heavy atom. The number of anilines is 2. The molecule has 0 unspecified atom stereocenters. The first kappa shape index (κ1) is 24.8. The highest BCUT2D eigenvalue weighted by molar-refractivity contribution is 5.91. The van der Waals surface area contributed by atoms with Crippen LogP contribution in [-0.2, 0) is 22.1 Å². The average Bonchev–Trinajstić information content (AvgIpc) is 3.53.